The molecule has 3 saturated heterocycles. The summed E-state index contributed by atoms with van der Waals surface area (Å²) in [6.07, 6.45) is 6.39. The van der Waals surface area contributed by atoms with Crippen LogP contribution < -0.4 is 0 Å². The molecule has 0 amide bonds. The van der Waals surface area contributed by atoms with Crippen LogP contribution >= 0.6 is 0 Å². The first-order chi connectivity index (χ1) is 8.48. The number of hydrogen-bond acceptors (Lipinski definition) is 3. The molecule has 0 N–H and O–H groups in total. The zero-order chi connectivity index (χ0) is 12.8. The minimum absolute atomic E-state index is 0.305. The smallest absolute Gasteiger partial charge is 0.0815 e. The van der Waals surface area contributed by atoms with Crippen molar-refractivity contribution < 1.29 is 14.2 Å². The zero-order valence-corrected chi connectivity index (χ0v) is 11.9. The van der Waals surface area contributed by atoms with E-state index in [4.69, 9.17) is 14.2 Å². The van der Waals surface area contributed by atoms with Crippen LogP contribution in [0.15, 0.2) is 0 Å². The van der Waals surface area contributed by atoms with Crippen molar-refractivity contribution in [3.05, 3.63) is 0 Å². The molecule has 3 unspecified atom stereocenters. The predicted molar refractivity (Wildman–Crippen MR) is 69.6 cm³/mol. The lowest BCUT2D eigenvalue weighted by molar-refractivity contribution is 0.0307. The monoisotopic (exact) mass is 254 g/mol. The van der Waals surface area contributed by atoms with Crippen molar-refractivity contribution in [1.29, 1.82) is 0 Å². The highest BCUT2D eigenvalue weighted by molar-refractivity contribution is 4.98. The van der Waals surface area contributed by atoms with Crippen molar-refractivity contribution in [2.45, 2.75) is 64.8 Å². The first kappa shape index (κ1) is 12.9. The van der Waals surface area contributed by atoms with Crippen LogP contribution in [0.25, 0.3) is 0 Å². The molecule has 3 rings (SSSR count). The maximum Gasteiger partial charge on any atom is 0.0815 e. The van der Waals surface area contributed by atoms with Crippen LogP contribution in [0.1, 0.15) is 46.5 Å². The fraction of sp³-hybridized carbons (Fsp3) is 1.00. The second-order valence-electron chi connectivity index (χ2n) is 7.34. The Balaban J connectivity index is 1.70. The summed E-state index contributed by atoms with van der Waals surface area (Å²) in [5, 5.41) is 0. The van der Waals surface area contributed by atoms with E-state index in [-0.39, 0.29) is 0 Å². The number of hydrogen-bond donors (Lipinski definition) is 0. The van der Waals surface area contributed by atoms with E-state index in [2.05, 4.69) is 20.8 Å². The molecule has 0 bridgehead atoms. The highest BCUT2D eigenvalue weighted by Gasteiger charge is 2.49. The van der Waals surface area contributed by atoms with Crippen molar-refractivity contribution in [3.8, 4) is 0 Å². The fourth-order valence-electron chi connectivity index (χ4n) is 3.19. The van der Waals surface area contributed by atoms with Crippen molar-refractivity contribution in [2.24, 2.45) is 10.8 Å². The molecule has 0 spiro atoms. The van der Waals surface area contributed by atoms with E-state index < -0.39 is 0 Å². The summed E-state index contributed by atoms with van der Waals surface area (Å²) in [4.78, 5) is 0. The first-order valence-electron chi connectivity index (χ1n) is 7.33. The van der Waals surface area contributed by atoms with E-state index in [1.807, 2.05) is 0 Å². The van der Waals surface area contributed by atoms with Gasteiger partial charge in [0.25, 0.3) is 0 Å². The lowest BCUT2D eigenvalue weighted by Crippen LogP contribution is -2.39. The van der Waals surface area contributed by atoms with Crippen molar-refractivity contribution in [1.82, 2.24) is 0 Å². The molecule has 104 valence electrons. The van der Waals surface area contributed by atoms with Gasteiger partial charge < -0.3 is 14.2 Å². The van der Waals surface area contributed by atoms with Gasteiger partial charge in [0.15, 0.2) is 0 Å². The summed E-state index contributed by atoms with van der Waals surface area (Å²) >= 11 is 0. The van der Waals surface area contributed by atoms with Crippen LogP contribution in [0.3, 0.4) is 0 Å². The molecular weight excluding hydrogens is 228 g/mol. The highest BCUT2D eigenvalue weighted by atomic mass is 16.6. The maximum absolute atomic E-state index is 5.51. The van der Waals surface area contributed by atoms with Gasteiger partial charge in [-0.3, -0.25) is 0 Å². The molecule has 18 heavy (non-hydrogen) atoms. The van der Waals surface area contributed by atoms with Crippen LogP contribution in [0.2, 0.25) is 0 Å². The molecule has 0 aromatic carbocycles. The van der Waals surface area contributed by atoms with Crippen LogP contribution in [0.4, 0.5) is 0 Å². The average molecular weight is 254 g/mol. The van der Waals surface area contributed by atoms with Crippen LogP contribution in [0.5, 0.6) is 0 Å². The van der Waals surface area contributed by atoms with Gasteiger partial charge in [0.1, 0.15) is 0 Å². The Kier molecular flexibility index (Phi) is 3.20. The van der Waals surface area contributed by atoms with Gasteiger partial charge in [-0.1, -0.05) is 20.8 Å². The van der Waals surface area contributed by atoms with Gasteiger partial charge in [0.2, 0.25) is 0 Å². The molecule has 3 aliphatic rings. The van der Waals surface area contributed by atoms with Gasteiger partial charge >= 0.3 is 0 Å². The molecule has 3 fully saturated rings. The quantitative estimate of drug-likeness (QED) is 0.656. The minimum Gasteiger partial charge on any atom is -0.373 e. The van der Waals surface area contributed by atoms with E-state index in [0.29, 0.717) is 29.1 Å². The Morgan fingerprint density at radius 2 is 1.28 bits per heavy atom. The highest BCUT2D eigenvalue weighted by Crippen LogP contribution is 2.53. The van der Waals surface area contributed by atoms with E-state index in [0.717, 1.165) is 19.8 Å². The molecule has 0 aromatic heterocycles. The Morgan fingerprint density at radius 1 is 0.833 bits per heavy atom. The summed E-state index contributed by atoms with van der Waals surface area (Å²) in [5.41, 5.74) is 0.654. The van der Waals surface area contributed by atoms with E-state index >= 15 is 0 Å². The lowest BCUT2D eigenvalue weighted by atomic mass is 9.59. The molecule has 3 heterocycles. The van der Waals surface area contributed by atoms with Crippen LogP contribution in [-0.4, -0.2) is 38.1 Å². The summed E-state index contributed by atoms with van der Waals surface area (Å²) in [7, 11) is 0. The molecule has 3 atom stereocenters. The van der Waals surface area contributed by atoms with Gasteiger partial charge in [-0.2, -0.15) is 0 Å². The Bertz CT molecular complexity index is 281. The van der Waals surface area contributed by atoms with Crippen molar-refractivity contribution in [3.63, 3.8) is 0 Å². The topological polar surface area (TPSA) is 37.6 Å². The standard InChI is InChI=1S/C15H26O3/c1-14(2,3)15(6-12-9-17-12,7-13-10-18-13)5-4-11-8-16-11/h11-13H,4-10H2,1-3H3. The van der Waals surface area contributed by atoms with Gasteiger partial charge in [-0.05, 0) is 36.5 Å². The van der Waals surface area contributed by atoms with Crippen molar-refractivity contribution >= 4 is 0 Å². The largest absolute Gasteiger partial charge is 0.373 e. The van der Waals surface area contributed by atoms with E-state index in [9.17, 15) is 0 Å². The first-order valence-corrected chi connectivity index (χ1v) is 7.33. The molecular formula is C15H26O3. The third-order valence-corrected chi connectivity index (χ3v) is 4.98. The summed E-state index contributed by atoms with van der Waals surface area (Å²) in [6, 6.07) is 0. The molecule has 0 aromatic rings. The molecule has 0 aliphatic carbocycles. The summed E-state index contributed by atoms with van der Waals surface area (Å²) in [5.74, 6) is 0. The van der Waals surface area contributed by atoms with Gasteiger partial charge in [0, 0.05) is 0 Å². The SMILES string of the molecule is CC(C)(C)C(CCC1CO1)(CC1CO1)CC1CO1. The molecule has 0 saturated carbocycles. The Hall–Kier alpha value is -0.120. The normalized spacial score (nSPS) is 37.2. The van der Waals surface area contributed by atoms with Gasteiger partial charge in [-0.25, -0.2) is 0 Å². The third-order valence-electron chi connectivity index (χ3n) is 4.98. The lowest BCUT2D eigenvalue weighted by Gasteiger charge is -2.45. The Labute approximate surface area is 110 Å². The number of rotatable bonds is 7. The second-order valence-corrected chi connectivity index (χ2v) is 7.34. The molecule has 3 aliphatic heterocycles. The second kappa shape index (κ2) is 4.46. The van der Waals surface area contributed by atoms with Gasteiger partial charge in [-0.15, -0.1) is 0 Å². The predicted octanol–water partition coefficient (Wildman–Crippen LogP) is 2.78. The van der Waals surface area contributed by atoms with Crippen molar-refractivity contribution in [2.75, 3.05) is 19.8 Å². The number of epoxide rings is 3. The fourth-order valence-corrected chi connectivity index (χ4v) is 3.19. The third kappa shape index (κ3) is 3.06. The molecule has 3 heteroatoms. The van der Waals surface area contributed by atoms with E-state index in [1.165, 1.54) is 25.7 Å². The maximum atomic E-state index is 5.51. The van der Waals surface area contributed by atoms with Gasteiger partial charge in [0.05, 0.1) is 38.1 Å². The summed E-state index contributed by atoms with van der Waals surface area (Å²) < 4.78 is 16.4. The minimum atomic E-state index is 0.305. The number of ether oxygens (including phenoxy) is 3. The average Bonchev–Trinajstić information content (AvgIpc) is 3.08. The summed E-state index contributed by atoms with van der Waals surface area (Å²) in [6.45, 7) is 10.0. The Morgan fingerprint density at radius 3 is 1.61 bits per heavy atom. The van der Waals surface area contributed by atoms with E-state index in [1.54, 1.807) is 0 Å². The molecule has 3 nitrogen and oxygen atoms in total. The van der Waals surface area contributed by atoms with Crippen LogP contribution in [-0.2, 0) is 14.2 Å². The molecule has 0 radical (unpaired) electrons. The zero-order valence-electron chi connectivity index (χ0n) is 11.9. The van der Waals surface area contributed by atoms with Crippen LogP contribution in [0, 0.1) is 10.8 Å².